The Kier molecular flexibility index (Phi) is 6.21. The van der Waals surface area contributed by atoms with Crippen molar-refractivity contribution in [2.45, 2.75) is 37.1 Å². The molecule has 2 nitrogen and oxygen atoms in total. The van der Waals surface area contributed by atoms with E-state index in [9.17, 15) is 0 Å². The highest BCUT2D eigenvalue weighted by Crippen LogP contribution is 2.28. The summed E-state index contributed by atoms with van der Waals surface area (Å²) in [7, 11) is 2.07. The van der Waals surface area contributed by atoms with Crippen LogP contribution in [0.3, 0.4) is 0 Å². The van der Waals surface area contributed by atoms with Crippen molar-refractivity contribution in [3.05, 3.63) is 29.8 Å². The van der Waals surface area contributed by atoms with Crippen LogP contribution < -0.4 is 5.32 Å². The van der Waals surface area contributed by atoms with Gasteiger partial charge in [-0.25, -0.2) is 0 Å². The van der Waals surface area contributed by atoms with Gasteiger partial charge in [-0.15, -0.1) is 11.8 Å². The Labute approximate surface area is 121 Å². The van der Waals surface area contributed by atoms with Crippen LogP contribution >= 0.6 is 11.8 Å². The molecule has 1 unspecified atom stereocenters. The molecule has 0 saturated carbocycles. The van der Waals surface area contributed by atoms with Crippen LogP contribution in [-0.4, -0.2) is 26.0 Å². The predicted octanol–water partition coefficient (Wildman–Crippen LogP) is 3.88. The van der Waals surface area contributed by atoms with Gasteiger partial charge in [0.15, 0.2) is 0 Å². The summed E-state index contributed by atoms with van der Waals surface area (Å²) in [4.78, 5) is 1.37. The molecule has 1 saturated heterocycles. The molecule has 0 radical (unpaired) electrons. The van der Waals surface area contributed by atoms with Crippen LogP contribution in [0, 0.1) is 5.92 Å². The predicted molar refractivity (Wildman–Crippen MR) is 82.8 cm³/mol. The van der Waals surface area contributed by atoms with Gasteiger partial charge in [0.05, 0.1) is 0 Å². The summed E-state index contributed by atoms with van der Waals surface area (Å²) in [6.07, 6.45) is 3.64. The number of thioether (sulfide) groups is 1. The van der Waals surface area contributed by atoms with Crippen molar-refractivity contribution in [2.75, 3.05) is 26.0 Å². The van der Waals surface area contributed by atoms with Gasteiger partial charge in [0, 0.05) is 24.2 Å². The van der Waals surface area contributed by atoms with E-state index in [0.717, 1.165) is 24.9 Å². The first kappa shape index (κ1) is 14.9. The summed E-state index contributed by atoms with van der Waals surface area (Å²) >= 11 is 1.90. The third-order valence-corrected chi connectivity index (χ3v) is 4.75. The molecule has 0 spiro atoms. The van der Waals surface area contributed by atoms with E-state index in [2.05, 4.69) is 43.6 Å². The highest BCUT2D eigenvalue weighted by Gasteiger charge is 2.19. The van der Waals surface area contributed by atoms with E-state index >= 15 is 0 Å². The van der Waals surface area contributed by atoms with Crippen LogP contribution in [0.5, 0.6) is 0 Å². The van der Waals surface area contributed by atoms with E-state index in [0.29, 0.717) is 6.04 Å². The van der Waals surface area contributed by atoms with Crippen molar-refractivity contribution in [1.29, 1.82) is 0 Å². The van der Waals surface area contributed by atoms with Gasteiger partial charge < -0.3 is 10.1 Å². The topological polar surface area (TPSA) is 21.3 Å². The second-order valence-corrected chi connectivity index (χ2v) is 6.47. The Morgan fingerprint density at radius 3 is 2.53 bits per heavy atom. The molecule has 1 aromatic rings. The van der Waals surface area contributed by atoms with E-state index in [1.807, 2.05) is 11.8 Å². The number of nitrogens with one attached hydrogen (secondary N) is 1. The molecule has 1 N–H and O–H groups in total. The van der Waals surface area contributed by atoms with Crippen molar-refractivity contribution >= 4 is 11.8 Å². The Morgan fingerprint density at radius 1 is 1.26 bits per heavy atom. The average molecular weight is 279 g/mol. The van der Waals surface area contributed by atoms with Crippen LogP contribution in [0.1, 0.15) is 37.8 Å². The van der Waals surface area contributed by atoms with Crippen LogP contribution in [-0.2, 0) is 4.74 Å². The monoisotopic (exact) mass is 279 g/mol. The molecular weight excluding hydrogens is 254 g/mol. The molecule has 19 heavy (non-hydrogen) atoms. The quantitative estimate of drug-likeness (QED) is 0.799. The number of ether oxygens (including phenoxy) is 1. The van der Waals surface area contributed by atoms with Crippen LogP contribution in [0.4, 0.5) is 0 Å². The lowest BCUT2D eigenvalue weighted by molar-refractivity contribution is 0.0608. The molecule has 3 heteroatoms. The number of benzene rings is 1. The third kappa shape index (κ3) is 4.51. The summed E-state index contributed by atoms with van der Waals surface area (Å²) in [5.74, 6) is 1.94. The fraction of sp³-hybridized carbons (Fsp3) is 0.625. The molecule has 0 amide bonds. The van der Waals surface area contributed by atoms with Gasteiger partial charge in [-0.2, -0.15) is 0 Å². The van der Waals surface area contributed by atoms with Crippen molar-refractivity contribution < 1.29 is 4.74 Å². The second kappa shape index (κ2) is 7.93. The van der Waals surface area contributed by atoms with Gasteiger partial charge in [-0.3, -0.25) is 0 Å². The highest BCUT2D eigenvalue weighted by atomic mass is 32.2. The highest BCUT2D eigenvalue weighted by molar-refractivity contribution is 7.99. The molecule has 1 heterocycles. The summed E-state index contributed by atoms with van der Waals surface area (Å²) in [6.45, 7) is 4.07. The van der Waals surface area contributed by atoms with Gasteiger partial charge in [0.25, 0.3) is 0 Å². The lowest BCUT2D eigenvalue weighted by Gasteiger charge is -2.26. The van der Waals surface area contributed by atoms with Gasteiger partial charge in [-0.05, 0) is 55.7 Å². The summed E-state index contributed by atoms with van der Waals surface area (Å²) in [6, 6.07) is 9.52. The van der Waals surface area contributed by atoms with E-state index in [-0.39, 0.29) is 0 Å². The molecule has 0 aliphatic carbocycles. The van der Waals surface area contributed by atoms with Crippen LogP contribution in [0.15, 0.2) is 29.2 Å². The van der Waals surface area contributed by atoms with Crippen molar-refractivity contribution in [2.24, 2.45) is 5.92 Å². The number of rotatable bonds is 6. The molecule has 106 valence electrons. The number of hydrogen-bond acceptors (Lipinski definition) is 3. The Balaban J connectivity index is 1.95. The van der Waals surface area contributed by atoms with Gasteiger partial charge in [-0.1, -0.05) is 19.1 Å². The fourth-order valence-electron chi connectivity index (χ4n) is 2.70. The van der Waals surface area contributed by atoms with Crippen LogP contribution in [0.2, 0.25) is 0 Å². The first-order valence-electron chi connectivity index (χ1n) is 7.31. The summed E-state index contributed by atoms with van der Waals surface area (Å²) < 4.78 is 5.44. The zero-order chi connectivity index (χ0) is 13.5. The smallest absolute Gasteiger partial charge is 0.0468 e. The molecule has 2 rings (SSSR count). The standard InChI is InChI=1S/C16H25NOS/c1-3-19-15-6-4-14(5-7-15)16(17-2)12-13-8-10-18-11-9-13/h4-7,13,16-17H,3,8-12H2,1-2H3. The van der Waals surface area contributed by atoms with Crippen LogP contribution in [0.25, 0.3) is 0 Å². The summed E-state index contributed by atoms with van der Waals surface area (Å²) in [5, 5.41) is 3.47. The molecule has 0 aromatic heterocycles. The Morgan fingerprint density at radius 2 is 1.95 bits per heavy atom. The molecule has 0 bridgehead atoms. The van der Waals surface area contributed by atoms with E-state index < -0.39 is 0 Å². The van der Waals surface area contributed by atoms with E-state index in [4.69, 9.17) is 4.74 Å². The molecular formula is C16H25NOS. The molecule has 1 aliphatic heterocycles. The summed E-state index contributed by atoms with van der Waals surface area (Å²) in [5.41, 5.74) is 1.41. The van der Waals surface area contributed by atoms with Crippen molar-refractivity contribution in [3.63, 3.8) is 0 Å². The molecule has 1 fully saturated rings. The maximum absolute atomic E-state index is 5.44. The Bertz CT molecular complexity index is 360. The second-order valence-electron chi connectivity index (χ2n) is 5.13. The molecule has 1 atom stereocenters. The number of hydrogen-bond donors (Lipinski definition) is 1. The van der Waals surface area contributed by atoms with Gasteiger partial charge in [0.1, 0.15) is 0 Å². The zero-order valence-corrected chi connectivity index (χ0v) is 12.8. The fourth-order valence-corrected chi connectivity index (χ4v) is 3.36. The molecule has 1 aliphatic rings. The van der Waals surface area contributed by atoms with E-state index in [1.54, 1.807) is 0 Å². The lowest BCUT2D eigenvalue weighted by atomic mass is 9.89. The van der Waals surface area contributed by atoms with Gasteiger partial charge in [0.2, 0.25) is 0 Å². The minimum Gasteiger partial charge on any atom is -0.381 e. The Hall–Kier alpha value is -0.510. The minimum atomic E-state index is 0.476. The largest absolute Gasteiger partial charge is 0.381 e. The normalized spacial score (nSPS) is 18.4. The maximum atomic E-state index is 5.44. The minimum absolute atomic E-state index is 0.476. The van der Waals surface area contributed by atoms with Crippen molar-refractivity contribution in [1.82, 2.24) is 5.32 Å². The molecule has 1 aromatic carbocycles. The lowest BCUT2D eigenvalue weighted by Crippen LogP contribution is -2.23. The first-order chi connectivity index (χ1) is 9.33. The first-order valence-corrected chi connectivity index (χ1v) is 8.29. The zero-order valence-electron chi connectivity index (χ0n) is 12.0. The average Bonchev–Trinajstić information content (AvgIpc) is 2.47. The van der Waals surface area contributed by atoms with Gasteiger partial charge >= 0.3 is 0 Å². The van der Waals surface area contributed by atoms with E-state index in [1.165, 1.54) is 29.7 Å². The maximum Gasteiger partial charge on any atom is 0.0468 e. The van der Waals surface area contributed by atoms with Crippen molar-refractivity contribution in [3.8, 4) is 0 Å². The third-order valence-electron chi connectivity index (χ3n) is 3.85. The SMILES string of the molecule is CCSc1ccc(C(CC2CCOCC2)NC)cc1.